The lowest BCUT2D eigenvalue weighted by Crippen LogP contribution is -2.42. The van der Waals surface area contributed by atoms with Gasteiger partial charge in [-0.05, 0) is 40.5 Å². The van der Waals surface area contributed by atoms with E-state index >= 15 is 0 Å². The Kier molecular flexibility index (Phi) is 5.35. The first-order chi connectivity index (χ1) is 12.7. The second-order valence-corrected chi connectivity index (χ2v) is 8.26. The van der Waals surface area contributed by atoms with Crippen LogP contribution in [0.4, 0.5) is 9.59 Å². The van der Waals surface area contributed by atoms with Crippen molar-refractivity contribution in [2.75, 3.05) is 26.7 Å². The Morgan fingerprint density at radius 3 is 2.33 bits per heavy atom. The molecular formula is C19H30N4O4. The van der Waals surface area contributed by atoms with Crippen LogP contribution >= 0.6 is 0 Å². The molecule has 8 nitrogen and oxygen atoms in total. The summed E-state index contributed by atoms with van der Waals surface area (Å²) in [6.45, 7) is 10.2. The van der Waals surface area contributed by atoms with Gasteiger partial charge in [0.1, 0.15) is 11.4 Å². The SMILES string of the molecule is COC(=O)N1CCc2c(nc(C)n2C2CCN(C(=O)OC(C)(C)C)CC2)C1. The number of rotatable bonds is 1. The highest BCUT2D eigenvalue weighted by atomic mass is 16.6. The van der Waals surface area contributed by atoms with E-state index in [0.29, 0.717) is 32.2 Å². The number of likely N-dealkylation sites (tertiary alicyclic amines) is 1. The number of hydrogen-bond acceptors (Lipinski definition) is 5. The van der Waals surface area contributed by atoms with Crippen LogP contribution in [-0.2, 0) is 22.4 Å². The smallest absolute Gasteiger partial charge is 0.410 e. The molecule has 2 amide bonds. The maximum atomic E-state index is 12.3. The molecule has 1 saturated heterocycles. The molecule has 0 unspecified atom stereocenters. The molecule has 2 aliphatic rings. The number of amides is 2. The lowest BCUT2D eigenvalue weighted by atomic mass is 10.0. The van der Waals surface area contributed by atoms with Crippen LogP contribution in [-0.4, -0.2) is 63.9 Å². The number of aryl methyl sites for hydroxylation is 1. The molecule has 0 aromatic carbocycles. The lowest BCUT2D eigenvalue weighted by Gasteiger charge is -2.35. The highest BCUT2D eigenvalue weighted by Crippen LogP contribution is 2.30. The van der Waals surface area contributed by atoms with Crippen LogP contribution in [0.2, 0.25) is 0 Å². The molecule has 1 fully saturated rings. The third-order valence-corrected chi connectivity index (χ3v) is 5.14. The molecule has 8 heteroatoms. The van der Waals surface area contributed by atoms with Gasteiger partial charge >= 0.3 is 12.2 Å². The van der Waals surface area contributed by atoms with E-state index in [1.54, 1.807) is 9.80 Å². The van der Waals surface area contributed by atoms with Gasteiger partial charge in [-0.3, -0.25) is 0 Å². The fourth-order valence-electron chi connectivity index (χ4n) is 3.94. The molecule has 0 atom stereocenters. The highest BCUT2D eigenvalue weighted by molar-refractivity contribution is 5.68. The number of fused-ring (bicyclic) bond motifs is 1. The van der Waals surface area contributed by atoms with E-state index in [9.17, 15) is 9.59 Å². The lowest BCUT2D eigenvalue weighted by molar-refractivity contribution is 0.0187. The first-order valence-corrected chi connectivity index (χ1v) is 9.57. The zero-order chi connectivity index (χ0) is 19.8. The molecule has 27 heavy (non-hydrogen) atoms. The summed E-state index contributed by atoms with van der Waals surface area (Å²) in [7, 11) is 1.40. The number of carbonyl (C=O) groups is 2. The van der Waals surface area contributed by atoms with Crippen molar-refractivity contribution in [1.29, 1.82) is 0 Å². The fraction of sp³-hybridized carbons (Fsp3) is 0.737. The molecule has 150 valence electrons. The molecule has 0 N–H and O–H groups in total. The number of ether oxygens (including phenoxy) is 2. The van der Waals surface area contributed by atoms with E-state index in [0.717, 1.165) is 30.8 Å². The molecular weight excluding hydrogens is 348 g/mol. The van der Waals surface area contributed by atoms with E-state index < -0.39 is 5.60 Å². The molecule has 0 radical (unpaired) electrons. The molecule has 1 aromatic rings. The van der Waals surface area contributed by atoms with Gasteiger partial charge in [0.25, 0.3) is 0 Å². The number of nitrogens with zero attached hydrogens (tertiary/aromatic N) is 4. The number of aromatic nitrogens is 2. The van der Waals surface area contributed by atoms with Crippen molar-refractivity contribution in [3.63, 3.8) is 0 Å². The molecule has 0 spiro atoms. The summed E-state index contributed by atoms with van der Waals surface area (Å²) in [6.07, 6.45) is 1.99. The molecule has 0 aliphatic carbocycles. The van der Waals surface area contributed by atoms with Gasteiger partial charge in [-0.2, -0.15) is 0 Å². The monoisotopic (exact) mass is 378 g/mol. The molecule has 2 aliphatic heterocycles. The Balaban J connectivity index is 1.67. The van der Waals surface area contributed by atoms with Crippen LogP contribution < -0.4 is 0 Å². The van der Waals surface area contributed by atoms with Crippen LogP contribution in [0.3, 0.4) is 0 Å². The minimum absolute atomic E-state index is 0.237. The van der Waals surface area contributed by atoms with Crippen molar-refractivity contribution in [2.45, 2.75) is 65.1 Å². The maximum Gasteiger partial charge on any atom is 0.410 e. The topological polar surface area (TPSA) is 76.9 Å². The first kappa shape index (κ1) is 19.5. The Hall–Kier alpha value is -2.25. The normalized spacial score (nSPS) is 18.3. The molecule has 1 aromatic heterocycles. The van der Waals surface area contributed by atoms with Crippen LogP contribution in [0.15, 0.2) is 0 Å². The minimum Gasteiger partial charge on any atom is -0.453 e. The average molecular weight is 378 g/mol. The second-order valence-electron chi connectivity index (χ2n) is 8.26. The van der Waals surface area contributed by atoms with Crippen LogP contribution in [0.5, 0.6) is 0 Å². The van der Waals surface area contributed by atoms with Gasteiger partial charge in [0.05, 0.1) is 19.3 Å². The van der Waals surface area contributed by atoms with Gasteiger partial charge < -0.3 is 23.8 Å². The third kappa shape index (κ3) is 4.20. The van der Waals surface area contributed by atoms with Gasteiger partial charge in [0.2, 0.25) is 0 Å². The Labute approximate surface area is 160 Å². The zero-order valence-corrected chi connectivity index (χ0v) is 16.9. The number of methoxy groups -OCH3 is 1. The summed E-state index contributed by atoms with van der Waals surface area (Å²) in [5.74, 6) is 0.974. The average Bonchev–Trinajstić information content (AvgIpc) is 2.94. The van der Waals surface area contributed by atoms with Gasteiger partial charge in [-0.15, -0.1) is 0 Å². The number of imidazole rings is 1. The zero-order valence-electron chi connectivity index (χ0n) is 16.9. The van der Waals surface area contributed by atoms with Crippen molar-refractivity contribution in [3.8, 4) is 0 Å². The van der Waals surface area contributed by atoms with E-state index in [1.165, 1.54) is 12.8 Å². The molecule has 3 heterocycles. The Morgan fingerprint density at radius 2 is 1.74 bits per heavy atom. The minimum atomic E-state index is -0.473. The van der Waals surface area contributed by atoms with Crippen molar-refractivity contribution in [2.24, 2.45) is 0 Å². The maximum absolute atomic E-state index is 12.3. The van der Waals surface area contributed by atoms with Crippen molar-refractivity contribution >= 4 is 12.2 Å². The van der Waals surface area contributed by atoms with E-state index in [1.807, 2.05) is 27.7 Å². The van der Waals surface area contributed by atoms with E-state index in [2.05, 4.69) is 4.57 Å². The van der Waals surface area contributed by atoms with Crippen molar-refractivity contribution in [3.05, 3.63) is 17.2 Å². The molecule has 3 rings (SSSR count). The number of carbonyl (C=O) groups excluding carboxylic acids is 2. The summed E-state index contributed by atoms with van der Waals surface area (Å²) in [5.41, 5.74) is 1.70. The fourth-order valence-corrected chi connectivity index (χ4v) is 3.94. The quantitative estimate of drug-likeness (QED) is 0.751. The second kappa shape index (κ2) is 7.40. The van der Waals surface area contributed by atoms with Crippen molar-refractivity contribution in [1.82, 2.24) is 19.4 Å². The van der Waals surface area contributed by atoms with E-state index in [4.69, 9.17) is 14.5 Å². The first-order valence-electron chi connectivity index (χ1n) is 9.57. The highest BCUT2D eigenvalue weighted by Gasteiger charge is 2.32. The summed E-state index contributed by atoms with van der Waals surface area (Å²) < 4.78 is 12.6. The largest absolute Gasteiger partial charge is 0.453 e. The summed E-state index contributed by atoms with van der Waals surface area (Å²) >= 11 is 0. The van der Waals surface area contributed by atoms with Crippen LogP contribution in [0.25, 0.3) is 0 Å². The van der Waals surface area contributed by atoms with Gasteiger partial charge in [-0.1, -0.05) is 0 Å². The van der Waals surface area contributed by atoms with Gasteiger partial charge in [0.15, 0.2) is 0 Å². The summed E-state index contributed by atoms with van der Waals surface area (Å²) in [5, 5.41) is 0. The summed E-state index contributed by atoms with van der Waals surface area (Å²) in [6, 6.07) is 0.324. The van der Waals surface area contributed by atoms with Gasteiger partial charge in [0, 0.05) is 37.8 Å². The van der Waals surface area contributed by atoms with Crippen LogP contribution in [0.1, 0.15) is 56.9 Å². The summed E-state index contributed by atoms with van der Waals surface area (Å²) in [4.78, 5) is 32.2. The molecule has 0 saturated carbocycles. The standard InChI is InChI=1S/C19H30N4O4/c1-13-20-15-12-22(17(24)26-5)11-8-16(15)23(13)14-6-9-21(10-7-14)18(25)27-19(2,3)4/h14H,6-12H2,1-5H3. The number of piperidine rings is 1. The van der Waals surface area contributed by atoms with Crippen molar-refractivity contribution < 1.29 is 19.1 Å². The number of hydrogen-bond donors (Lipinski definition) is 0. The Bertz CT molecular complexity index is 714. The predicted molar refractivity (Wildman–Crippen MR) is 99.6 cm³/mol. The van der Waals surface area contributed by atoms with Gasteiger partial charge in [-0.25, -0.2) is 14.6 Å². The predicted octanol–water partition coefficient (Wildman–Crippen LogP) is 2.89. The third-order valence-electron chi connectivity index (χ3n) is 5.14. The van der Waals surface area contributed by atoms with Crippen LogP contribution in [0, 0.1) is 6.92 Å². The van der Waals surface area contributed by atoms with E-state index in [-0.39, 0.29) is 12.2 Å². The molecule has 0 bridgehead atoms. The Morgan fingerprint density at radius 1 is 1.07 bits per heavy atom.